The molecule has 1 amide bonds. The molecule has 1 aliphatic heterocycles. The molecule has 6 rings (SSSR count). The van der Waals surface area contributed by atoms with Gasteiger partial charge in [-0.1, -0.05) is 72.0 Å². The van der Waals surface area contributed by atoms with E-state index in [1.165, 1.54) is 28.0 Å². The highest BCUT2D eigenvalue weighted by Crippen LogP contribution is 2.46. The molecule has 0 spiro atoms. The van der Waals surface area contributed by atoms with Gasteiger partial charge in [-0.3, -0.25) is 14.5 Å². The number of Topliss-reactive ketones (excluding diaryl/α,β-unsaturated/α-hetero) is 1. The van der Waals surface area contributed by atoms with Gasteiger partial charge < -0.3 is 19.0 Å². The van der Waals surface area contributed by atoms with Gasteiger partial charge in [-0.05, 0) is 68.1 Å². The molecule has 0 radical (unpaired) electrons. The highest BCUT2D eigenvalue weighted by molar-refractivity contribution is 8.00. The van der Waals surface area contributed by atoms with E-state index in [1.54, 1.807) is 25.1 Å². The van der Waals surface area contributed by atoms with Crippen LogP contribution in [-0.2, 0) is 15.3 Å². The second-order valence-electron chi connectivity index (χ2n) is 10.8. The van der Waals surface area contributed by atoms with Gasteiger partial charge in [-0.15, -0.1) is 10.2 Å². The van der Waals surface area contributed by atoms with Crippen LogP contribution in [0.5, 0.6) is 11.5 Å². The first-order valence-corrected chi connectivity index (χ1v) is 17.3. The third kappa shape index (κ3) is 6.20. The zero-order valence-electron chi connectivity index (χ0n) is 26.2. The molecule has 0 bridgehead atoms. The highest BCUT2D eigenvalue weighted by Gasteiger charge is 2.49. The van der Waals surface area contributed by atoms with Crippen LogP contribution in [-0.4, -0.2) is 49.6 Å². The maximum Gasteiger partial charge on any atom is 0.301 e. The summed E-state index contributed by atoms with van der Waals surface area (Å²) in [6.07, 6.45) is 2.64. The van der Waals surface area contributed by atoms with Crippen molar-refractivity contribution in [1.82, 2.24) is 19.6 Å². The molecule has 2 aromatic carbocycles. The number of aryl methyl sites for hydroxylation is 2. The molecular formula is C34H32ClN5O5S2. The van der Waals surface area contributed by atoms with E-state index < -0.39 is 17.7 Å². The van der Waals surface area contributed by atoms with Crippen LogP contribution < -0.4 is 14.4 Å². The SMILES string of the molecule is CCCOc1ccc(C2/C(=C(\O)c3nc4c(C)cccn4c3C)C(=O)C(=O)N2c2nnc(SCc3ccccc3Cl)s2)cc1OCC. The van der Waals surface area contributed by atoms with Crippen LogP contribution in [0, 0.1) is 13.8 Å². The Kier molecular flexibility index (Phi) is 9.53. The molecule has 0 saturated carbocycles. The fourth-order valence-corrected chi connectivity index (χ4v) is 7.58. The van der Waals surface area contributed by atoms with Gasteiger partial charge in [0.1, 0.15) is 11.3 Å². The first-order chi connectivity index (χ1) is 22.7. The van der Waals surface area contributed by atoms with Crippen LogP contribution in [0.3, 0.4) is 0 Å². The van der Waals surface area contributed by atoms with Crippen LogP contribution in [0.15, 0.2) is 70.7 Å². The smallest absolute Gasteiger partial charge is 0.301 e. The number of carbonyl (C=O) groups is 2. The molecule has 13 heteroatoms. The molecular weight excluding hydrogens is 658 g/mol. The van der Waals surface area contributed by atoms with Crippen molar-refractivity contribution in [2.24, 2.45) is 0 Å². The van der Waals surface area contributed by atoms with E-state index in [1.807, 2.05) is 67.8 Å². The van der Waals surface area contributed by atoms with Gasteiger partial charge in [-0.2, -0.15) is 0 Å². The number of amides is 1. The number of thioether (sulfide) groups is 1. The zero-order chi connectivity index (χ0) is 33.2. The molecule has 4 heterocycles. The van der Waals surface area contributed by atoms with Crippen LogP contribution in [0.2, 0.25) is 5.02 Å². The quantitative estimate of drug-likeness (QED) is 0.0493. The normalized spacial score (nSPS) is 15.9. The summed E-state index contributed by atoms with van der Waals surface area (Å²) in [7, 11) is 0. The number of imidazole rings is 1. The van der Waals surface area contributed by atoms with Gasteiger partial charge >= 0.3 is 5.91 Å². The molecule has 10 nitrogen and oxygen atoms in total. The summed E-state index contributed by atoms with van der Waals surface area (Å²) < 4.78 is 14.3. The zero-order valence-corrected chi connectivity index (χ0v) is 28.6. The molecule has 1 saturated heterocycles. The van der Waals surface area contributed by atoms with Crippen molar-refractivity contribution in [2.45, 2.75) is 50.3 Å². The lowest BCUT2D eigenvalue weighted by Gasteiger charge is -2.23. The van der Waals surface area contributed by atoms with Crippen molar-refractivity contribution >= 4 is 62.9 Å². The van der Waals surface area contributed by atoms with Crippen molar-refractivity contribution in [2.75, 3.05) is 18.1 Å². The summed E-state index contributed by atoms with van der Waals surface area (Å²) >= 11 is 8.95. The number of hydrogen-bond acceptors (Lipinski definition) is 10. The van der Waals surface area contributed by atoms with Gasteiger partial charge in [0, 0.05) is 17.0 Å². The summed E-state index contributed by atoms with van der Waals surface area (Å²) in [5, 5.41) is 21.4. The molecule has 0 aliphatic carbocycles. The van der Waals surface area contributed by atoms with Crippen LogP contribution >= 0.6 is 34.7 Å². The van der Waals surface area contributed by atoms with E-state index in [0.717, 1.165) is 17.5 Å². The molecule has 5 aromatic rings. The van der Waals surface area contributed by atoms with E-state index in [-0.39, 0.29) is 22.2 Å². The summed E-state index contributed by atoms with van der Waals surface area (Å²) in [5.41, 5.74) is 3.72. The molecule has 242 valence electrons. The highest BCUT2D eigenvalue weighted by atomic mass is 35.5. The number of hydrogen-bond donors (Lipinski definition) is 1. The van der Waals surface area contributed by atoms with Gasteiger partial charge in [-0.25, -0.2) is 4.98 Å². The van der Waals surface area contributed by atoms with Crippen molar-refractivity contribution in [3.05, 3.63) is 99.5 Å². The summed E-state index contributed by atoms with van der Waals surface area (Å²) in [4.78, 5) is 33.7. The predicted molar refractivity (Wildman–Crippen MR) is 184 cm³/mol. The molecule has 1 N–H and O–H groups in total. The number of fused-ring (bicyclic) bond motifs is 1. The monoisotopic (exact) mass is 689 g/mol. The number of aromatic nitrogens is 4. The van der Waals surface area contributed by atoms with E-state index in [9.17, 15) is 14.7 Å². The van der Waals surface area contributed by atoms with E-state index in [4.69, 9.17) is 21.1 Å². The van der Waals surface area contributed by atoms with E-state index in [2.05, 4.69) is 15.2 Å². The maximum atomic E-state index is 13.9. The van der Waals surface area contributed by atoms with Crippen molar-refractivity contribution in [1.29, 1.82) is 0 Å². The Hall–Kier alpha value is -4.39. The number of anilines is 1. The topological polar surface area (TPSA) is 119 Å². The molecule has 3 aromatic heterocycles. The standard InChI is InChI=1S/C34H32ClN5O5S2/c1-5-16-45-24-14-13-21(17-25(24)44-6-2)28-26(29(41)27-20(4)39-15-9-10-19(3)31(39)36-27)30(42)32(43)40(28)33-37-38-34(47-33)46-18-22-11-7-8-12-23(22)35/h7-15,17,28,41H,5-6,16,18H2,1-4H3/b29-26+. The fourth-order valence-electron chi connectivity index (χ4n) is 5.43. The first-order valence-electron chi connectivity index (χ1n) is 15.1. The minimum Gasteiger partial charge on any atom is -0.505 e. The van der Waals surface area contributed by atoms with E-state index in [0.29, 0.717) is 56.7 Å². The van der Waals surface area contributed by atoms with Crippen molar-refractivity contribution in [3.63, 3.8) is 0 Å². The lowest BCUT2D eigenvalue weighted by atomic mass is 9.96. The minimum atomic E-state index is -1.05. The Bertz CT molecular complexity index is 2020. The Labute approximate surface area is 285 Å². The predicted octanol–water partition coefficient (Wildman–Crippen LogP) is 7.56. The lowest BCUT2D eigenvalue weighted by Crippen LogP contribution is -2.29. The van der Waals surface area contributed by atoms with Crippen LogP contribution in [0.25, 0.3) is 11.4 Å². The first kappa shape index (κ1) is 32.5. The number of nitrogens with zero attached hydrogens (tertiary/aromatic N) is 5. The average Bonchev–Trinajstić information content (AvgIpc) is 3.75. The Morgan fingerprint density at radius 1 is 1.04 bits per heavy atom. The third-order valence-electron chi connectivity index (χ3n) is 7.71. The second kappa shape index (κ2) is 13.8. The van der Waals surface area contributed by atoms with E-state index >= 15 is 0 Å². The molecule has 47 heavy (non-hydrogen) atoms. The number of aliphatic hydroxyl groups excluding tert-OH is 1. The Morgan fingerprint density at radius 3 is 2.60 bits per heavy atom. The number of ketones is 1. The average molecular weight is 690 g/mol. The van der Waals surface area contributed by atoms with Crippen molar-refractivity contribution < 1.29 is 24.2 Å². The molecule has 1 aliphatic rings. The molecule has 1 atom stereocenters. The number of ether oxygens (including phenoxy) is 2. The minimum absolute atomic E-state index is 0.107. The number of pyridine rings is 1. The number of rotatable bonds is 11. The fraction of sp³-hybridized carbons (Fsp3) is 0.265. The number of benzene rings is 2. The summed E-state index contributed by atoms with van der Waals surface area (Å²) in [5.74, 6) is -0.534. The van der Waals surface area contributed by atoms with Gasteiger partial charge in [0.2, 0.25) is 5.13 Å². The van der Waals surface area contributed by atoms with Gasteiger partial charge in [0.25, 0.3) is 5.78 Å². The number of carbonyl (C=O) groups excluding carboxylic acids is 2. The summed E-state index contributed by atoms with van der Waals surface area (Å²) in [6, 6.07) is 15.5. The summed E-state index contributed by atoms with van der Waals surface area (Å²) in [6.45, 7) is 8.45. The lowest BCUT2D eigenvalue weighted by molar-refractivity contribution is -0.132. The second-order valence-corrected chi connectivity index (χ2v) is 13.4. The Morgan fingerprint density at radius 2 is 1.85 bits per heavy atom. The van der Waals surface area contributed by atoms with Gasteiger partial charge in [0.15, 0.2) is 21.6 Å². The number of halogens is 1. The van der Waals surface area contributed by atoms with Crippen LogP contribution in [0.1, 0.15) is 54.4 Å². The van der Waals surface area contributed by atoms with Crippen molar-refractivity contribution in [3.8, 4) is 11.5 Å². The van der Waals surface area contributed by atoms with Gasteiger partial charge in [0.05, 0.1) is 30.5 Å². The third-order valence-corrected chi connectivity index (χ3v) is 10.2. The number of aliphatic hydroxyl groups is 1. The Balaban J connectivity index is 1.47. The maximum absolute atomic E-state index is 13.9. The molecule has 1 fully saturated rings. The molecule has 1 unspecified atom stereocenters. The largest absolute Gasteiger partial charge is 0.505 e. The van der Waals surface area contributed by atoms with Crippen LogP contribution in [0.4, 0.5) is 5.13 Å².